The van der Waals surface area contributed by atoms with Gasteiger partial charge in [-0.15, -0.1) is 0 Å². The molecule has 0 aromatic carbocycles. The molecule has 0 aliphatic carbocycles. The Balaban J connectivity index is 2.61. The van der Waals surface area contributed by atoms with Crippen molar-refractivity contribution >= 4 is 11.3 Å². The second-order valence-corrected chi connectivity index (χ2v) is 2.87. The number of rotatable bonds is 2. The average molecular weight is 143 g/mol. The second kappa shape index (κ2) is 2.82. The first-order chi connectivity index (χ1) is 4.33. The zero-order valence-electron chi connectivity index (χ0n) is 5.55. The Labute approximate surface area is 58.5 Å². The molecule has 0 aliphatic rings. The maximum Gasteiger partial charge on any atom is 0.273 e. The molecular weight excluding hydrogens is 134 g/mol. The third kappa shape index (κ3) is 1.68. The molecule has 1 heterocycles. The van der Waals surface area contributed by atoms with E-state index in [4.69, 9.17) is 4.74 Å². The Morgan fingerprint density at radius 2 is 2.56 bits per heavy atom. The summed E-state index contributed by atoms with van der Waals surface area (Å²) in [4.78, 5) is 5.19. The van der Waals surface area contributed by atoms with Crippen molar-refractivity contribution in [2.75, 3.05) is 6.61 Å². The quantitative estimate of drug-likeness (QED) is 0.630. The van der Waals surface area contributed by atoms with Crippen LogP contribution in [-0.2, 0) is 0 Å². The molecule has 3 heteroatoms. The molecule has 0 saturated heterocycles. The molecule has 0 aliphatic heterocycles. The molecule has 50 valence electrons. The van der Waals surface area contributed by atoms with Crippen LogP contribution in [0.25, 0.3) is 0 Å². The highest BCUT2D eigenvalue weighted by molar-refractivity contribution is 7.13. The highest BCUT2D eigenvalue weighted by Crippen LogP contribution is 2.18. The molecule has 0 atom stereocenters. The van der Waals surface area contributed by atoms with Crippen molar-refractivity contribution in [3.63, 3.8) is 0 Å². The number of hydrogen-bond donors (Lipinski definition) is 0. The summed E-state index contributed by atoms with van der Waals surface area (Å²) in [6, 6.07) is 0. The average Bonchev–Trinajstić information content (AvgIpc) is 2.17. The lowest BCUT2D eigenvalue weighted by Gasteiger charge is -1.92. The first kappa shape index (κ1) is 6.55. The number of aromatic nitrogens is 1. The summed E-state index contributed by atoms with van der Waals surface area (Å²) in [7, 11) is 0. The van der Waals surface area contributed by atoms with Gasteiger partial charge in [-0.05, 0) is 13.8 Å². The van der Waals surface area contributed by atoms with E-state index in [1.807, 2.05) is 20.0 Å². The van der Waals surface area contributed by atoms with Gasteiger partial charge >= 0.3 is 0 Å². The van der Waals surface area contributed by atoms with Gasteiger partial charge in [0.2, 0.25) is 0 Å². The highest BCUT2D eigenvalue weighted by atomic mass is 32.1. The molecule has 0 spiro atoms. The van der Waals surface area contributed by atoms with E-state index in [-0.39, 0.29) is 0 Å². The monoisotopic (exact) mass is 143 g/mol. The molecule has 0 bridgehead atoms. The molecule has 1 rings (SSSR count). The Hall–Kier alpha value is -0.570. The maximum atomic E-state index is 5.13. The minimum atomic E-state index is 0.701. The largest absolute Gasteiger partial charge is 0.470 e. The van der Waals surface area contributed by atoms with Gasteiger partial charge in [-0.3, -0.25) is 0 Å². The van der Waals surface area contributed by atoms with Gasteiger partial charge in [0.05, 0.1) is 6.61 Å². The molecular formula is C6H9NOS. The lowest BCUT2D eigenvalue weighted by atomic mass is 10.7. The summed E-state index contributed by atoms with van der Waals surface area (Å²) in [6.07, 6.45) is 1.82. The highest BCUT2D eigenvalue weighted by Gasteiger charge is 1.94. The summed E-state index contributed by atoms with van der Waals surface area (Å²) in [6.45, 7) is 4.67. The van der Waals surface area contributed by atoms with Gasteiger partial charge in [0.25, 0.3) is 5.19 Å². The van der Waals surface area contributed by atoms with Crippen LogP contribution in [0.5, 0.6) is 5.19 Å². The Bertz CT molecular complexity index is 185. The van der Waals surface area contributed by atoms with E-state index < -0.39 is 0 Å². The van der Waals surface area contributed by atoms with Crippen LogP contribution < -0.4 is 4.74 Å². The van der Waals surface area contributed by atoms with Crippen molar-refractivity contribution in [1.29, 1.82) is 0 Å². The van der Waals surface area contributed by atoms with Crippen LogP contribution in [0.2, 0.25) is 0 Å². The SMILES string of the molecule is CCOc1ncc(C)s1. The third-order valence-electron chi connectivity index (χ3n) is 0.868. The Morgan fingerprint density at radius 1 is 1.78 bits per heavy atom. The molecule has 2 nitrogen and oxygen atoms in total. The van der Waals surface area contributed by atoms with E-state index in [1.165, 1.54) is 4.88 Å². The summed E-state index contributed by atoms with van der Waals surface area (Å²) < 4.78 is 5.13. The Morgan fingerprint density at radius 3 is 3.00 bits per heavy atom. The van der Waals surface area contributed by atoms with E-state index in [2.05, 4.69) is 4.98 Å². The minimum absolute atomic E-state index is 0.701. The molecule has 1 aromatic rings. The first-order valence-corrected chi connectivity index (χ1v) is 3.70. The van der Waals surface area contributed by atoms with Crippen LogP contribution >= 0.6 is 11.3 Å². The Kier molecular flexibility index (Phi) is 2.05. The van der Waals surface area contributed by atoms with Crippen LogP contribution in [0.1, 0.15) is 11.8 Å². The summed E-state index contributed by atoms with van der Waals surface area (Å²) in [5, 5.41) is 0.773. The van der Waals surface area contributed by atoms with Crippen LogP contribution in [0, 0.1) is 6.92 Å². The molecule has 0 saturated carbocycles. The summed E-state index contributed by atoms with van der Waals surface area (Å²) >= 11 is 1.58. The summed E-state index contributed by atoms with van der Waals surface area (Å²) in [5.74, 6) is 0. The van der Waals surface area contributed by atoms with E-state index in [1.54, 1.807) is 11.3 Å². The second-order valence-electron chi connectivity index (χ2n) is 1.67. The van der Waals surface area contributed by atoms with E-state index >= 15 is 0 Å². The molecule has 0 unspecified atom stereocenters. The molecule has 0 radical (unpaired) electrons. The van der Waals surface area contributed by atoms with Gasteiger partial charge in [-0.25, -0.2) is 4.98 Å². The van der Waals surface area contributed by atoms with Gasteiger partial charge in [-0.2, -0.15) is 0 Å². The standard InChI is InChI=1S/C6H9NOS/c1-3-8-6-7-4-5(2)9-6/h4H,3H2,1-2H3. The first-order valence-electron chi connectivity index (χ1n) is 2.88. The van der Waals surface area contributed by atoms with Crippen LogP contribution in [-0.4, -0.2) is 11.6 Å². The van der Waals surface area contributed by atoms with E-state index in [0.717, 1.165) is 5.19 Å². The fourth-order valence-electron chi connectivity index (χ4n) is 0.524. The molecule has 0 amide bonds. The minimum Gasteiger partial charge on any atom is -0.470 e. The number of aryl methyl sites for hydroxylation is 1. The fraction of sp³-hybridized carbons (Fsp3) is 0.500. The predicted molar refractivity (Wildman–Crippen MR) is 38.0 cm³/mol. The van der Waals surface area contributed by atoms with E-state index in [9.17, 15) is 0 Å². The zero-order chi connectivity index (χ0) is 6.69. The number of ether oxygens (including phenoxy) is 1. The van der Waals surface area contributed by atoms with E-state index in [0.29, 0.717) is 6.61 Å². The van der Waals surface area contributed by atoms with Crippen molar-refractivity contribution in [2.45, 2.75) is 13.8 Å². The van der Waals surface area contributed by atoms with Gasteiger partial charge in [0.1, 0.15) is 0 Å². The van der Waals surface area contributed by atoms with Crippen molar-refractivity contribution < 1.29 is 4.74 Å². The number of thiazole rings is 1. The zero-order valence-corrected chi connectivity index (χ0v) is 6.36. The molecule has 9 heavy (non-hydrogen) atoms. The lowest BCUT2D eigenvalue weighted by molar-refractivity contribution is 0.338. The van der Waals surface area contributed by atoms with Crippen molar-refractivity contribution in [1.82, 2.24) is 4.98 Å². The maximum absolute atomic E-state index is 5.13. The molecule has 0 fully saturated rings. The lowest BCUT2D eigenvalue weighted by Crippen LogP contribution is -1.88. The fourth-order valence-corrected chi connectivity index (χ4v) is 1.19. The van der Waals surface area contributed by atoms with Gasteiger partial charge in [-0.1, -0.05) is 11.3 Å². The van der Waals surface area contributed by atoms with Crippen molar-refractivity contribution in [2.24, 2.45) is 0 Å². The van der Waals surface area contributed by atoms with Gasteiger partial charge in [0.15, 0.2) is 0 Å². The van der Waals surface area contributed by atoms with Gasteiger partial charge < -0.3 is 4.74 Å². The number of nitrogens with zero attached hydrogens (tertiary/aromatic N) is 1. The van der Waals surface area contributed by atoms with Crippen LogP contribution in [0.4, 0.5) is 0 Å². The summed E-state index contributed by atoms with van der Waals surface area (Å²) in [5.41, 5.74) is 0. The molecule has 1 aromatic heterocycles. The van der Waals surface area contributed by atoms with Crippen LogP contribution in [0.15, 0.2) is 6.20 Å². The topological polar surface area (TPSA) is 22.1 Å². The molecule has 0 N–H and O–H groups in total. The smallest absolute Gasteiger partial charge is 0.273 e. The van der Waals surface area contributed by atoms with Gasteiger partial charge in [0, 0.05) is 11.1 Å². The number of hydrogen-bond acceptors (Lipinski definition) is 3. The van der Waals surface area contributed by atoms with Crippen LogP contribution in [0.3, 0.4) is 0 Å². The van der Waals surface area contributed by atoms with Crippen molar-refractivity contribution in [3.05, 3.63) is 11.1 Å². The van der Waals surface area contributed by atoms with Crippen molar-refractivity contribution in [3.8, 4) is 5.19 Å². The third-order valence-corrected chi connectivity index (χ3v) is 1.69. The normalized spacial score (nSPS) is 9.56. The predicted octanol–water partition coefficient (Wildman–Crippen LogP) is 1.85.